The summed E-state index contributed by atoms with van der Waals surface area (Å²) in [7, 11) is 1.76. The van der Waals surface area contributed by atoms with E-state index in [1.165, 1.54) is 23.1 Å². The Labute approximate surface area is 153 Å². The van der Waals surface area contributed by atoms with Gasteiger partial charge < -0.3 is 10.2 Å². The molecular weight excluding hydrogens is 375 g/mol. The standard InChI is InChI=1S/C14H16Cl2N4OS2/c1-3-17-13-18-19-14(23-13)22-8-12(21)20(2)7-9-4-5-10(15)11(16)6-9/h4-6H,3,7-8H2,1-2H3,(H,17,18). The minimum Gasteiger partial charge on any atom is -0.360 e. The molecule has 0 aliphatic rings. The topological polar surface area (TPSA) is 58.1 Å². The van der Waals surface area contributed by atoms with E-state index in [1.54, 1.807) is 24.1 Å². The molecule has 0 unspecified atom stereocenters. The molecule has 0 bridgehead atoms. The maximum atomic E-state index is 12.2. The number of nitrogens with one attached hydrogen (secondary N) is 1. The number of nitrogens with zero attached hydrogens (tertiary/aromatic N) is 3. The van der Waals surface area contributed by atoms with E-state index in [2.05, 4.69) is 15.5 Å². The van der Waals surface area contributed by atoms with Gasteiger partial charge in [0, 0.05) is 20.1 Å². The quantitative estimate of drug-likeness (QED) is 0.723. The fourth-order valence-electron chi connectivity index (χ4n) is 1.72. The van der Waals surface area contributed by atoms with Crippen molar-refractivity contribution in [1.82, 2.24) is 15.1 Å². The van der Waals surface area contributed by atoms with Crippen LogP contribution in [0.2, 0.25) is 10.0 Å². The largest absolute Gasteiger partial charge is 0.360 e. The molecule has 0 saturated carbocycles. The number of carbonyl (C=O) groups is 1. The highest BCUT2D eigenvalue weighted by Gasteiger charge is 2.13. The summed E-state index contributed by atoms with van der Waals surface area (Å²) in [5.41, 5.74) is 0.936. The normalized spacial score (nSPS) is 10.6. The van der Waals surface area contributed by atoms with E-state index in [1.807, 2.05) is 13.0 Å². The molecule has 0 spiro atoms. The Morgan fingerprint density at radius 1 is 1.35 bits per heavy atom. The first-order valence-corrected chi connectivity index (χ1v) is 9.43. The van der Waals surface area contributed by atoms with E-state index in [0.717, 1.165) is 21.6 Å². The van der Waals surface area contributed by atoms with Crippen LogP contribution in [0.1, 0.15) is 12.5 Å². The van der Waals surface area contributed by atoms with Crippen LogP contribution in [-0.2, 0) is 11.3 Å². The third-order valence-electron chi connectivity index (χ3n) is 2.88. The lowest BCUT2D eigenvalue weighted by molar-refractivity contribution is -0.127. The summed E-state index contributed by atoms with van der Waals surface area (Å²) in [5, 5.41) is 12.9. The van der Waals surface area contributed by atoms with Crippen LogP contribution in [0.15, 0.2) is 22.5 Å². The molecule has 124 valence electrons. The predicted molar refractivity (Wildman–Crippen MR) is 97.7 cm³/mol. The van der Waals surface area contributed by atoms with Gasteiger partial charge in [0.15, 0.2) is 4.34 Å². The molecule has 0 aliphatic carbocycles. The lowest BCUT2D eigenvalue weighted by Crippen LogP contribution is -2.27. The number of aromatic nitrogens is 2. The Morgan fingerprint density at radius 3 is 2.83 bits per heavy atom. The minimum absolute atomic E-state index is 0.0151. The second-order valence-electron chi connectivity index (χ2n) is 4.69. The van der Waals surface area contributed by atoms with Crippen molar-refractivity contribution >= 4 is 57.3 Å². The lowest BCUT2D eigenvalue weighted by Gasteiger charge is -2.17. The number of hydrogen-bond donors (Lipinski definition) is 1. The van der Waals surface area contributed by atoms with Gasteiger partial charge in [0.25, 0.3) is 0 Å². The second-order valence-corrected chi connectivity index (χ2v) is 7.70. The fourth-order valence-corrected chi connectivity index (χ4v) is 3.81. The number of amides is 1. The summed E-state index contributed by atoms with van der Waals surface area (Å²) in [6.45, 7) is 3.27. The van der Waals surface area contributed by atoms with Crippen molar-refractivity contribution in [3.8, 4) is 0 Å². The van der Waals surface area contributed by atoms with Crippen molar-refractivity contribution in [3.05, 3.63) is 33.8 Å². The van der Waals surface area contributed by atoms with Gasteiger partial charge in [-0.3, -0.25) is 4.79 Å². The van der Waals surface area contributed by atoms with Crippen LogP contribution in [0, 0.1) is 0 Å². The van der Waals surface area contributed by atoms with Crippen LogP contribution in [0.3, 0.4) is 0 Å². The van der Waals surface area contributed by atoms with Crippen molar-refractivity contribution in [2.75, 3.05) is 24.7 Å². The third kappa shape index (κ3) is 5.53. The summed E-state index contributed by atoms with van der Waals surface area (Å²) in [4.78, 5) is 13.8. The highest BCUT2D eigenvalue weighted by molar-refractivity contribution is 8.01. The zero-order valence-electron chi connectivity index (χ0n) is 12.7. The number of thioether (sulfide) groups is 1. The molecular formula is C14H16Cl2N4OS2. The van der Waals surface area contributed by atoms with E-state index in [9.17, 15) is 4.79 Å². The summed E-state index contributed by atoms with van der Waals surface area (Å²) in [5.74, 6) is 0.333. The number of hydrogen-bond acceptors (Lipinski definition) is 6. The van der Waals surface area contributed by atoms with Crippen LogP contribution in [-0.4, -0.2) is 40.3 Å². The third-order valence-corrected chi connectivity index (χ3v) is 5.62. The Bertz CT molecular complexity index is 681. The first-order chi connectivity index (χ1) is 11.0. The summed E-state index contributed by atoms with van der Waals surface area (Å²) < 4.78 is 0.775. The summed E-state index contributed by atoms with van der Waals surface area (Å²) in [6.07, 6.45) is 0. The molecule has 1 amide bonds. The fraction of sp³-hybridized carbons (Fsp3) is 0.357. The van der Waals surface area contributed by atoms with E-state index in [0.29, 0.717) is 22.3 Å². The Morgan fingerprint density at radius 2 is 2.13 bits per heavy atom. The smallest absolute Gasteiger partial charge is 0.233 e. The molecule has 2 rings (SSSR count). The maximum Gasteiger partial charge on any atom is 0.233 e. The average Bonchev–Trinajstić information content (AvgIpc) is 2.96. The number of anilines is 1. The highest BCUT2D eigenvalue weighted by Crippen LogP contribution is 2.26. The molecule has 0 saturated heterocycles. The van der Waals surface area contributed by atoms with Crippen molar-refractivity contribution in [2.24, 2.45) is 0 Å². The van der Waals surface area contributed by atoms with Gasteiger partial charge in [0.1, 0.15) is 0 Å². The van der Waals surface area contributed by atoms with Crippen LogP contribution in [0.4, 0.5) is 5.13 Å². The molecule has 0 aliphatic heterocycles. The predicted octanol–water partition coefficient (Wildman–Crippen LogP) is 4.03. The van der Waals surface area contributed by atoms with Crippen LogP contribution >= 0.6 is 46.3 Å². The molecule has 1 aromatic heterocycles. The summed E-state index contributed by atoms with van der Waals surface area (Å²) >= 11 is 14.7. The van der Waals surface area contributed by atoms with Gasteiger partial charge in [-0.15, -0.1) is 10.2 Å². The molecule has 23 heavy (non-hydrogen) atoms. The maximum absolute atomic E-state index is 12.2. The zero-order valence-corrected chi connectivity index (χ0v) is 15.8. The molecule has 2 aromatic rings. The van der Waals surface area contributed by atoms with Gasteiger partial charge in [-0.25, -0.2) is 0 Å². The molecule has 0 radical (unpaired) electrons. The van der Waals surface area contributed by atoms with E-state index >= 15 is 0 Å². The Kier molecular flexibility index (Phi) is 6.95. The lowest BCUT2D eigenvalue weighted by atomic mass is 10.2. The molecule has 5 nitrogen and oxygen atoms in total. The van der Waals surface area contributed by atoms with Gasteiger partial charge >= 0.3 is 0 Å². The Balaban J connectivity index is 1.85. The van der Waals surface area contributed by atoms with Gasteiger partial charge in [-0.2, -0.15) is 0 Å². The van der Waals surface area contributed by atoms with E-state index < -0.39 is 0 Å². The Hall–Kier alpha value is -1.02. The highest BCUT2D eigenvalue weighted by atomic mass is 35.5. The van der Waals surface area contributed by atoms with Crippen LogP contribution in [0.25, 0.3) is 0 Å². The molecule has 0 fully saturated rings. The number of halogens is 2. The molecule has 1 aromatic carbocycles. The van der Waals surface area contributed by atoms with E-state index in [-0.39, 0.29) is 5.91 Å². The number of carbonyl (C=O) groups excluding carboxylic acids is 1. The van der Waals surface area contributed by atoms with Gasteiger partial charge in [-0.1, -0.05) is 52.4 Å². The van der Waals surface area contributed by atoms with Crippen LogP contribution in [0.5, 0.6) is 0 Å². The minimum atomic E-state index is 0.0151. The first-order valence-electron chi connectivity index (χ1n) is 6.87. The van der Waals surface area contributed by atoms with E-state index in [4.69, 9.17) is 23.2 Å². The van der Waals surface area contributed by atoms with Crippen molar-refractivity contribution in [3.63, 3.8) is 0 Å². The van der Waals surface area contributed by atoms with Gasteiger partial charge in [-0.05, 0) is 24.6 Å². The van der Waals surface area contributed by atoms with Gasteiger partial charge in [0.2, 0.25) is 11.0 Å². The van der Waals surface area contributed by atoms with Crippen molar-refractivity contribution < 1.29 is 4.79 Å². The van der Waals surface area contributed by atoms with Crippen molar-refractivity contribution in [1.29, 1.82) is 0 Å². The average molecular weight is 391 g/mol. The molecule has 0 atom stereocenters. The number of benzene rings is 1. The first kappa shape index (κ1) is 18.3. The monoisotopic (exact) mass is 390 g/mol. The molecule has 1 N–H and O–H groups in total. The molecule has 9 heteroatoms. The van der Waals surface area contributed by atoms with Gasteiger partial charge in [0.05, 0.1) is 15.8 Å². The SMILES string of the molecule is CCNc1nnc(SCC(=O)N(C)Cc2ccc(Cl)c(Cl)c2)s1. The zero-order chi connectivity index (χ0) is 16.8. The van der Waals surface area contributed by atoms with Crippen LogP contribution < -0.4 is 5.32 Å². The number of rotatable bonds is 7. The molecule has 1 heterocycles. The van der Waals surface area contributed by atoms with Crippen molar-refractivity contribution in [2.45, 2.75) is 17.8 Å². The summed E-state index contributed by atoms with van der Waals surface area (Å²) in [6, 6.07) is 5.36. The second kappa shape index (κ2) is 8.73.